The first kappa shape index (κ1) is 24.8. The van der Waals surface area contributed by atoms with Crippen LogP contribution in [0.15, 0.2) is 91.1 Å². The van der Waals surface area contributed by atoms with Crippen molar-refractivity contribution >= 4 is 23.9 Å². The number of hydrogen-bond acceptors (Lipinski definition) is 5. The molecule has 0 atom stereocenters. The van der Waals surface area contributed by atoms with Gasteiger partial charge in [-0.2, -0.15) is 5.10 Å². The molecule has 1 aromatic heterocycles. The van der Waals surface area contributed by atoms with E-state index in [0.29, 0.717) is 40.8 Å². The second-order valence-corrected chi connectivity index (χ2v) is 8.74. The number of benzene rings is 3. The van der Waals surface area contributed by atoms with Crippen LogP contribution in [0.25, 0.3) is 23.0 Å². The summed E-state index contributed by atoms with van der Waals surface area (Å²) in [7, 11) is 0. The lowest BCUT2D eigenvalue weighted by molar-refractivity contribution is -0.137. The van der Waals surface area contributed by atoms with Gasteiger partial charge in [-0.05, 0) is 67.4 Å². The van der Waals surface area contributed by atoms with Gasteiger partial charge in [-0.25, -0.2) is 13.9 Å². The predicted molar refractivity (Wildman–Crippen MR) is 140 cm³/mol. The average molecular weight is 510 g/mol. The van der Waals surface area contributed by atoms with Crippen molar-refractivity contribution in [1.29, 1.82) is 0 Å². The Kier molecular flexibility index (Phi) is 7.21. The van der Waals surface area contributed by atoms with E-state index in [0.717, 1.165) is 5.69 Å². The number of para-hydroxylation sites is 1. The molecule has 1 aliphatic rings. The molecule has 4 aromatic rings. The summed E-state index contributed by atoms with van der Waals surface area (Å²) in [5.74, 6) is -1.46. The number of hydrogen-bond donors (Lipinski definition) is 0. The van der Waals surface area contributed by atoms with Crippen LogP contribution in [-0.2, 0) is 9.53 Å². The minimum atomic E-state index is -0.525. The topological polar surface area (TPSA) is 81.5 Å². The van der Waals surface area contributed by atoms with E-state index in [-0.39, 0.29) is 30.8 Å². The van der Waals surface area contributed by atoms with Gasteiger partial charge >= 0.3 is 5.97 Å². The number of ether oxygens (including phenoxy) is 1. The van der Waals surface area contributed by atoms with Gasteiger partial charge in [0.15, 0.2) is 0 Å². The Balaban J connectivity index is 1.18. The average Bonchev–Trinajstić information content (AvgIpc) is 3.48. The highest BCUT2D eigenvalue weighted by atomic mass is 19.1. The van der Waals surface area contributed by atoms with Crippen molar-refractivity contribution in [2.75, 3.05) is 13.2 Å². The maximum absolute atomic E-state index is 13.5. The standard InChI is InChI=1S/C30H24FN3O4/c31-23-15-12-21(13-16-23)28-22(20-34(32-28)24-8-2-1-3-9-24)14-17-27(35)38-19-7-6-18-33-29(36)25-10-4-5-11-26(25)30(33)37/h1-5,8-17,20H,6-7,18-19H2. The number of imide groups is 1. The number of halogens is 1. The Hall–Kier alpha value is -4.85. The molecule has 0 aliphatic carbocycles. The molecule has 0 radical (unpaired) electrons. The molecule has 7 nitrogen and oxygen atoms in total. The van der Waals surface area contributed by atoms with Crippen LogP contribution < -0.4 is 0 Å². The molecular weight excluding hydrogens is 485 g/mol. The summed E-state index contributed by atoms with van der Waals surface area (Å²) in [5.41, 5.74) is 3.66. The third-order valence-electron chi connectivity index (χ3n) is 6.18. The highest BCUT2D eigenvalue weighted by molar-refractivity contribution is 6.21. The first-order valence-corrected chi connectivity index (χ1v) is 12.2. The maximum atomic E-state index is 13.5. The maximum Gasteiger partial charge on any atom is 0.330 e. The largest absolute Gasteiger partial charge is 0.463 e. The summed E-state index contributed by atoms with van der Waals surface area (Å²) in [6.45, 7) is 0.417. The Morgan fingerprint density at radius 3 is 2.21 bits per heavy atom. The van der Waals surface area contributed by atoms with E-state index in [4.69, 9.17) is 4.74 Å². The van der Waals surface area contributed by atoms with Crippen LogP contribution >= 0.6 is 0 Å². The zero-order valence-electron chi connectivity index (χ0n) is 20.4. The lowest BCUT2D eigenvalue weighted by atomic mass is 10.1. The third-order valence-corrected chi connectivity index (χ3v) is 6.18. The minimum Gasteiger partial charge on any atom is -0.463 e. The summed E-state index contributed by atoms with van der Waals surface area (Å²) in [5, 5.41) is 4.64. The molecule has 0 N–H and O–H groups in total. The van der Waals surface area contributed by atoms with Crippen molar-refractivity contribution in [1.82, 2.24) is 14.7 Å². The first-order valence-electron chi connectivity index (χ1n) is 12.2. The molecule has 2 heterocycles. The number of carbonyl (C=O) groups is 3. The van der Waals surface area contributed by atoms with Crippen molar-refractivity contribution in [2.24, 2.45) is 0 Å². The monoisotopic (exact) mass is 509 g/mol. The van der Waals surface area contributed by atoms with Crippen molar-refractivity contribution in [3.05, 3.63) is 114 Å². The molecule has 0 unspecified atom stereocenters. The van der Waals surface area contributed by atoms with Crippen LogP contribution in [0.5, 0.6) is 0 Å². The van der Waals surface area contributed by atoms with E-state index in [9.17, 15) is 18.8 Å². The summed E-state index contributed by atoms with van der Waals surface area (Å²) in [6.07, 6.45) is 5.75. The van der Waals surface area contributed by atoms with Crippen LogP contribution in [0.4, 0.5) is 4.39 Å². The van der Waals surface area contributed by atoms with Gasteiger partial charge in [-0.3, -0.25) is 14.5 Å². The van der Waals surface area contributed by atoms with E-state index in [1.807, 2.05) is 30.3 Å². The van der Waals surface area contributed by atoms with Crippen molar-refractivity contribution in [2.45, 2.75) is 12.8 Å². The van der Waals surface area contributed by atoms with Crippen LogP contribution in [0.3, 0.4) is 0 Å². The fraction of sp³-hybridized carbons (Fsp3) is 0.133. The number of unbranched alkanes of at least 4 members (excludes halogenated alkanes) is 1. The van der Waals surface area contributed by atoms with Crippen molar-refractivity contribution in [3.8, 4) is 16.9 Å². The Labute approximate surface area is 218 Å². The van der Waals surface area contributed by atoms with Crippen LogP contribution in [0.2, 0.25) is 0 Å². The first-order chi connectivity index (χ1) is 18.5. The van der Waals surface area contributed by atoms with E-state index < -0.39 is 5.97 Å². The SMILES string of the molecule is O=C(C=Cc1cn(-c2ccccc2)nc1-c1ccc(F)cc1)OCCCCN1C(=O)c2ccccc2C1=O. The van der Waals surface area contributed by atoms with E-state index in [1.54, 1.807) is 53.4 Å². The van der Waals surface area contributed by atoms with E-state index in [2.05, 4.69) is 5.10 Å². The highest BCUT2D eigenvalue weighted by Gasteiger charge is 2.34. The quantitative estimate of drug-likeness (QED) is 0.132. The lowest BCUT2D eigenvalue weighted by Crippen LogP contribution is -2.30. The second kappa shape index (κ2) is 11.0. The molecular formula is C30H24FN3O4. The smallest absolute Gasteiger partial charge is 0.330 e. The molecule has 38 heavy (non-hydrogen) atoms. The highest BCUT2D eigenvalue weighted by Crippen LogP contribution is 2.25. The number of carbonyl (C=O) groups excluding carboxylic acids is 3. The molecule has 8 heteroatoms. The number of amides is 2. The number of nitrogens with zero attached hydrogens (tertiary/aromatic N) is 3. The molecule has 190 valence electrons. The van der Waals surface area contributed by atoms with Gasteiger partial charge in [0, 0.05) is 29.9 Å². The Bertz CT molecular complexity index is 1480. The molecule has 2 amide bonds. The molecule has 0 bridgehead atoms. The molecule has 1 aliphatic heterocycles. The summed E-state index contributed by atoms with van der Waals surface area (Å²) >= 11 is 0. The number of fused-ring (bicyclic) bond motifs is 1. The van der Waals surface area contributed by atoms with Gasteiger partial charge in [0.05, 0.1) is 29.1 Å². The molecule has 0 fully saturated rings. The molecule has 0 saturated heterocycles. The second-order valence-electron chi connectivity index (χ2n) is 8.74. The van der Waals surface area contributed by atoms with Gasteiger partial charge in [0.1, 0.15) is 5.82 Å². The molecule has 0 spiro atoms. The normalized spacial score (nSPS) is 12.8. The van der Waals surface area contributed by atoms with Crippen LogP contribution in [0.1, 0.15) is 39.1 Å². The minimum absolute atomic E-state index is 0.153. The predicted octanol–water partition coefficient (Wildman–Crippen LogP) is 5.31. The number of rotatable bonds is 9. The fourth-order valence-electron chi connectivity index (χ4n) is 4.25. The summed E-state index contributed by atoms with van der Waals surface area (Å²) in [6, 6.07) is 22.3. The molecule has 5 rings (SSSR count). The van der Waals surface area contributed by atoms with E-state index in [1.165, 1.54) is 23.1 Å². The van der Waals surface area contributed by atoms with Crippen LogP contribution in [0, 0.1) is 5.82 Å². The van der Waals surface area contributed by atoms with Gasteiger partial charge in [0.2, 0.25) is 0 Å². The molecule has 0 saturated carbocycles. The van der Waals surface area contributed by atoms with Gasteiger partial charge in [-0.1, -0.05) is 30.3 Å². The van der Waals surface area contributed by atoms with E-state index >= 15 is 0 Å². The lowest BCUT2D eigenvalue weighted by Gasteiger charge is -2.13. The summed E-state index contributed by atoms with van der Waals surface area (Å²) in [4.78, 5) is 38.4. The zero-order chi connectivity index (χ0) is 26.5. The fourth-order valence-corrected chi connectivity index (χ4v) is 4.25. The van der Waals surface area contributed by atoms with Crippen molar-refractivity contribution in [3.63, 3.8) is 0 Å². The molecule has 3 aromatic carbocycles. The number of aromatic nitrogens is 2. The summed E-state index contributed by atoms with van der Waals surface area (Å²) < 4.78 is 20.5. The van der Waals surface area contributed by atoms with Gasteiger partial charge in [-0.15, -0.1) is 0 Å². The number of esters is 1. The van der Waals surface area contributed by atoms with Crippen LogP contribution in [-0.4, -0.2) is 45.6 Å². The third kappa shape index (κ3) is 5.29. The zero-order valence-corrected chi connectivity index (χ0v) is 20.4. The Morgan fingerprint density at radius 2 is 1.53 bits per heavy atom. The van der Waals surface area contributed by atoms with Crippen molar-refractivity contribution < 1.29 is 23.5 Å². The Morgan fingerprint density at radius 1 is 0.868 bits per heavy atom. The van der Waals surface area contributed by atoms with Gasteiger partial charge < -0.3 is 4.74 Å². The van der Waals surface area contributed by atoms with Gasteiger partial charge in [0.25, 0.3) is 11.8 Å².